The lowest BCUT2D eigenvalue weighted by molar-refractivity contribution is -0.120. The van der Waals surface area contributed by atoms with E-state index < -0.39 is 11.9 Å². The summed E-state index contributed by atoms with van der Waals surface area (Å²) in [6, 6.07) is 20.8. The van der Waals surface area contributed by atoms with E-state index in [1.165, 1.54) is 6.21 Å². The molecule has 0 atom stereocenters. The van der Waals surface area contributed by atoms with Crippen molar-refractivity contribution in [3.63, 3.8) is 0 Å². The third kappa shape index (κ3) is 6.36. The number of hydrazone groups is 1. The molecule has 0 aromatic heterocycles. The fraction of sp³-hybridized carbons (Fsp3) is 0.0833. The van der Waals surface area contributed by atoms with Crippen LogP contribution < -0.4 is 15.5 Å². The summed E-state index contributed by atoms with van der Waals surface area (Å²) in [6.07, 6.45) is 1.44. The standard InChI is InChI=1S/C24H20BrN3O4/c1-16-6-2-3-7-19(16)23(30)26-15-22(29)28-27-14-17-10-12-18(13-11-17)32-24(31)20-8-4-5-9-21(20)25/h2-14H,15H2,1H3,(H,26,30)(H,28,29)/b27-14-. The van der Waals surface area contributed by atoms with E-state index in [1.54, 1.807) is 54.6 Å². The number of ether oxygens (including phenoxy) is 1. The maximum Gasteiger partial charge on any atom is 0.344 e. The summed E-state index contributed by atoms with van der Waals surface area (Å²) in [5.41, 5.74) is 4.81. The maximum absolute atomic E-state index is 12.2. The molecular formula is C24H20BrN3O4. The van der Waals surface area contributed by atoms with Gasteiger partial charge in [-0.25, -0.2) is 10.2 Å². The van der Waals surface area contributed by atoms with Crippen LogP contribution in [-0.2, 0) is 4.79 Å². The quantitative estimate of drug-likeness (QED) is 0.226. The number of nitrogens with zero attached hydrogens (tertiary/aromatic N) is 1. The van der Waals surface area contributed by atoms with Gasteiger partial charge < -0.3 is 10.1 Å². The number of amides is 2. The zero-order chi connectivity index (χ0) is 22.9. The SMILES string of the molecule is Cc1ccccc1C(=O)NCC(=O)N/N=C\c1ccc(OC(=O)c2ccccc2Br)cc1. The Labute approximate surface area is 193 Å². The van der Waals surface area contributed by atoms with Crippen molar-refractivity contribution in [3.8, 4) is 5.75 Å². The number of carbonyl (C=O) groups excluding carboxylic acids is 3. The van der Waals surface area contributed by atoms with E-state index in [4.69, 9.17) is 4.74 Å². The number of halogens is 1. The lowest BCUT2D eigenvalue weighted by Gasteiger charge is -2.07. The van der Waals surface area contributed by atoms with Crippen LogP contribution >= 0.6 is 15.9 Å². The number of carbonyl (C=O) groups is 3. The van der Waals surface area contributed by atoms with E-state index in [0.717, 1.165) is 5.56 Å². The van der Waals surface area contributed by atoms with Gasteiger partial charge in [-0.2, -0.15) is 5.10 Å². The molecule has 0 heterocycles. The van der Waals surface area contributed by atoms with Gasteiger partial charge in [-0.05, 0) is 76.4 Å². The van der Waals surface area contributed by atoms with Gasteiger partial charge in [-0.3, -0.25) is 9.59 Å². The highest BCUT2D eigenvalue weighted by Gasteiger charge is 2.12. The Morgan fingerprint density at radius 3 is 2.28 bits per heavy atom. The largest absolute Gasteiger partial charge is 0.423 e. The highest BCUT2D eigenvalue weighted by molar-refractivity contribution is 9.10. The molecule has 32 heavy (non-hydrogen) atoms. The molecule has 162 valence electrons. The molecule has 0 aliphatic heterocycles. The second kappa shape index (κ2) is 11.0. The van der Waals surface area contributed by atoms with Gasteiger partial charge in [0.2, 0.25) is 0 Å². The molecule has 0 radical (unpaired) electrons. The Bertz CT molecular complexity index is 1160. The summed E-state index contributed by atoms with van der Waals surface area (Å²) in [7, 11) is 0. The number of esters is 1. The first-order chi connectivity index (χ1) is 15.4. The van der Waals surface area contributed by atoms with Gasteiger partial charge >= 0.3 is 5.97 Å². The third-order valence-electron chi connectivity index (χ3n) is 4.39. The first kappa shape index (κ1) is 22.9. The van der Waals surface area contributed by atoms with Crippen molar-refractivity contribution in [2.75, 3.05) is 6.54 Å². The molecule has 0 spiro atoms. The summed E-state index contributed by atoms with van der Waals surface area (Å²) < 4.78 is 6.01. The molecule has 0 saturated heterocycles. The summed E-state index contributed by atoms with van der Waals surface area (Å²) >= 11 is 3.32. The van der Waals surface area contributed by atoms with Crippen LogP contribution in [-0.4, -0.2) is 30.5 Å². The van der Waals surface area contributed by atoms with E-state index in [2.05, 4.69) is 31.8 Å². The van der Waals surface area contributed by atoms with Crippen LogP contribution in [0.1, 0.15) is 31.8 Å². The van der Waals surface area contributed by atoms with Gasteiger partial charge in [-0.15, -0.1) is 0 Å². The van der Waals surface area contributed by atoms with Crippen LogP contribution in [0.15, 0.2) is 82.4 Å². The van der Waals surface area contributed by atoms with Gasteiger partial charge in [0.15, 0.2) is 0 Å². The normalized spacial score (nSPS) is 10.6. The molecule has 0 fully saturated rings. The summed E-state index contributed by atoms with van der Waals surface area (Å²) in [4.78, 5) is 36.2. The average Bonchev–Trinajstić information content (AvgIpc) is 2.79. The highest BCUT2D eigenvalue weighted by atomic mass is 79.9. The molecular weight excluding hydrogens is 474 g/mol. The number of nitrogens with one attached hydrogen (secondary N) is 2. The summed E-state index contributed by atoms with van der Waals surface area (Å²) in [6.45, 7) is 1.63. The number of hydrogen-bond acceptors (Lipinski definition) is 5. The van der Waals surface area contributed by atoms with Crippen molar-refractivity contribution in [3.05, 3.63) is 99.5 Å². The van der Waals surface area contributed by atoms with Crippen LogP contribution in [0.2, 0.25) is 0 Å². The Hall–Kier alpha value is -3.78. The van der Waals surface area contributed by atoms with Crippen molar-refractivity contribution < 1.29 is 19.1 Å². The molecule has 7 nitrogen and oxygen atoms in total. The molecule has 3 aromatic rings. The maximum atomic E-state index is 12.2. The van der Waals surface area contributed by atoms with Crippen LogP contribution in [0.4, 0.5) is 0 Å². The zero-order valence-corrected chi connectivity index (χ0v) is 18.8. The lowest BCUT2D eigenvalue weighted by Crippen LogP contribution is -2.35. The first-order valence-corrected chi connectivity index (χ1v) is 10.5. The van der Waals surface area contributed by atoms with Gasteiger partial charge in [0.1, 0.15) is 5.75 Å². The number of benzene rings is 3. The van der Waals surface area contributed by atoms with E-state index in [1.807, 2.05) is 25.1 Å². The second-order valence-corrected chi connectivity index (χ2v) is 7.58. The van der Waals surface area contributed by atoms with E-state index in [9.17, 15) is 14.4 Å². The minimum absolute atomic E-state index is 0.200. The van der Waals surface area contributed by atoms with Crippen LogP contribution in [0, 0.1) is 6.92 Å². The van der Waals surface area contributed by atoms with Crippen LogP contribution in [0.3, 0.4) is 0 Å². The smallest absolute Gasteiger partial charge is 0.344 e. The molecule has 0 bridgehead atoms. The lowest BCUT2D eigenvalue weighted by atomic mass is 10.1. The molecule has 2 amide bonds. The average molecular weight is 494 g/mol. The van der Waals surface area contributed by atoms with E-state index in [-0.39, 0.29) is 12.5 Å². The molecule has 3 aromatic carbocycles. The molecule has 0 unspecified atom stereocenters. The van der Waals surface area contributed by atoms with Gasteiger partial charge in [0.25, 0.3) is 11.8 Å². The molecule has 0 saturated carbocycles. The Kier molecular flexibility index (Phi) is 7.88. The monoisotopic (exact) mass is 493 g/mol. The van der Waals surface area contributed by atoms with Crippen LogP contribution in [0.25, 0.3) is 0 Å². The van der Waals surface area contributed by atoms with Crippen molar-refractivity contribution in [1.82, 2.24) is 10.7 Å². The Morgan fingerprint density at radius 2 is 1.59 bits per heavy atom. The first-order valence-electron chi connectivity index (χ1n) is 9.66. The predicted octanol–water partition coefficient (Wildman–Crippen LogP) is 3.86. The Morgan fingerprint density at radius 1 is 0.938 bits per heavy atom. The minimum Gasteiger partial charge on any atom is -0.423 e. The van der Waals surface area contributed by atoms with Crippen molar-refractivity contribution in [2.45, 2.75) is 6.92 Å². The minimum atomic E-state index is -0.473. The molecule has 2 N–H and O–H groups in total. The van der Waals surface area contributed by atoms with Gasteiger partial charge in [-0.1, -0.05) is 30.3 Å². The van der Waals surface area contributed by atoms with Crippen molar-refractivity contribution in [1.29, 1.82) is 0 Å². The summed E-state index contributed by atoms with van der Waals surface area (Å²) in [5.74, 6) is -0.873. The topological polar surface area (TPSA) is 96.9 Å². The van der Waals surface area contributed by atoms with Crippen LogP contribution in [0.5, 0.6) is 5.75 Å². The molecule has 0 aliphatic carbocycles. The molecule has 3 rings (SSSR count). The Balaban J connectivity index is 1.47. The van der Waals surface area contributed by atoms with Crippen molar-refractivity contribution in [2.24, 2.45) is 5.10 Å². The van der Waals surface area contributed by atoms with E-state index >= 15 is 0 Å². The summed E-state index contributed by atoms with van der Waals surface area (Å²) in [5, 5.41) is 6.42. The molecule has 8 heteroatoms. The van der Waals surface area contributed by atoms with E-state index in [0.29, 0.717) is 26.9 Å². The number of aryl methyl sites for hydroxylation is 1. The number of hydrogen-bond donors (Lipinski definition) is 2. The van der Waals surface area contributed by atoms with Gasteiger partial charge in [0, 0.05) is 10.0 Å². The number of rotatable bonds is 7. The zero-order valence-electron chi connectivity index (χ0n) is 17.2. The predicted molar refractivity (Wildman–Crippen MR) is 125 cm³/mol. The second-order valence-electron chi connectivity index (χ2n) is 6.73. The third-order valence-corrected chi connectivity index (χ3v) is 5.08. The fourth-order valence-electron chi connectivity index (χ4n) is 2.71. The van der Waals surface area contributed by atoms with Gasteiger partial charge in [0.05, 0.1) is 18.3 Å². The van der Waals surface area contributed by atoms with Crippen molar-refractivity contribution >= 4 is 39.9 Å². The fourth-order valence-corrected chi connectivity index (χ4v) is 3.16. The molecule has 0 aliphatic rings. The highest BCUT2D eigenvalue weighted by Crippen LogP contribution is 2.19.